The molecule has 4 N–H and O–H groups in total. The Labute approximate surface area is 112 Å². The van der Waals surface area contributed by atoms with Crippen LogP contribution in [0.15, 0.2) is 36.8 Å². The largest absolute Gasteiger partial charge is 0.399 e. The number of H-pyrrole nitrogens is 1. The Bertz CT molecular complexity index is 522. The van der Waals surface area contributed by atoms with E-state index < -0.39 is 0 Å². The number of hydrogen-bond donors (Lipinski definition) is 3. The van der Waals surface area contributed by atoms with Crippen LogP contribution in [0, 0.1) is 0 Å². The van der Waals surface area contributed by atoms with Crippen molar-refractivity contribution in [2.24, 2.45) is 0 Å². The molecule has 0 spiro atoms. The molecule has 0 radical (unpaired) electrons. The number of anilines is 1. The second-order valence-corrected chi connectivity index (χ2v) is 4.42. The number of nitrogens with one attached hydrogen (secondary N) is 2. The molecule has 5 heteroatoms. The molecule has 5 nitrogen and oxygen atoms in total. The van der Waals surface area contributed by atoms with E-state index in [-0.39, 0.29) is 5.91 Å². The Morgan fingerprint density at radius 2 is 2.26 bits per heavy atom. The average molecular weight is 258 g/mol. The summed E-state index contributed by atoms with van der Waals surface area (Å²) in [7, 11) is 0. The van der Waals surface area contributed by atoms with E-state index in [9.17, 15) is 4.79 Å². The van der Waals surface area contributed by atoms with Gasteiger partial charge in [-0.3, -0.25) is 4.79 Å². The number of imidazole rings is 1. The maximum atomic E-state index is 11.7. The van der Waals surface area contributed by atoms with Crippen molar-refractivity contribution in [1.29, 1.82) is 0 Å². The summed E-state index contributed by atoms with van der Waals surface area (Å²) in [5.41, 5.74) is 8.53. The number of rotatable bonds is 6. The van der Waals surface area contributed by atoms with Crippen molar-refractivity contribution in [2.75, 3.05) is 12.3 Å². The smallest absolute Gasteiger partial charge is 0.220 e. The van der Waals surface area contributed by atoms with E-state index in [1.54, 1.807) is 12.5 Å². The van der Waals surface area contributed by atoms with Gasteiger partial charge in [-0.1, -0.05) is 12.1 Å². The zero-order chi connectivity index (χ0) is 13.5. The molecule has 1 aromatic heterocycles. The van der Waals surface area contributed by atoms with E-state index in [4.69, 9.17) is 5.73 Å². The van der Waals surface area contributed by atoms with E-state index in [2.05, 4.69) is 15.3 Å². The van der Waals surface area contributed by atoms with Gasteiger partial charge >= 0.3 is 0 Å². The van der Waals surface area contributed by atoms with E-state index >= 15 is 0 Å². The summed E-state index contributed by atoms with van der Waals surface area (Å²) in [6, 6.07) is 7.63. The fraction of sp³-hybridized carbons (Fsp3) is 0.286. The van der Waals surface area contributed by atoms with Crippen molar-refractivity contribution in [1.82, 2.24) is 15.3 Å². The summed E-state index contributed by atoms with van der Waals surface area (Å²) in [5, 5.41) is 2.89. The van der Waals surface area contributed by atoms with E-state index in [0.29, 0.717) is 19.4 Å². The predicted octanol–water partition coefficient (Wildman–Crippen LogP) is 1.28. The minimum absolute atomic E-state index is 0.0574. The maximum Gasteiger partial charge on any atom is 0.220 e. The molecule has 2 rings (SSSR count). The SMILES string of the molecule is Nc1cccc(CCC(=O)NCCc2cnc[nH]2)c1. The number of nitrogens with two attached hydrogens (primary N) is 1. The number of nitrogens with zero attached hydrogens (tertiary/aromatic N) is 1. The highest BCUT2D eigenvalue weighted by atomic mass is 16.1. The average Bonchev–Trinajstić information content (AvgIpc) is 2.90. The predicted molar refractivity (Wildman–Crippen MR) is 74.5 cm³/mol. The molecule has 0 aliphatic carbocycles. The Morgan fingerprint density at radius 3 is 3.00 bits per heavy atom. The number of aromatic amines is 1. The molecule has 1 aromatic carbocycles. The van der Waals surface area contributed by atoms with E-state index in [0.717, 1.165) is 23.4 Å². The van der Waals surface area contributed by atoms with Gasteiger partial charge in [-0.25, -0.2) is 4.98 Å². The van der Waals surface area contributed by atoms with Crippen LogP contribution in [0.25, 0.3) is 0 Å². The van der Waals surface area contributed by atoms with Crippen LogP contribution in [0.2, 0.25) is 0 Å². The van der Waals surface area contributed by atoms with E-state index in [1.165, 1.54) is 0 Å². The number of nitrogen functional groups attached to an aromatic ring is 1. The summed E-state index contributed by atoms with van der Waals surface area (Å²) in [5.74, 6) is 0.0574. The van der Waals surface area contributed by atoms with Gasteiger partial charge in [-0.15, -0.1) is 0 Å². The van der Waals surface area contributed by atoms with Crippen molar-refractivity contribution in [2.45, 2.75) is 19.3 Å². The summed E-state index contributed by atoms with van der Waals surface area (Å²) >= 11 is 0. The van der Waals surface area contributed by atoms with Gasteiger partial charge in [0.05, 0.1) is 6.33 Å². The van der Waals surface area contributed by atoms with Crippen LogP contribution in [0.1, 0.15) is 17.7 Å². The number of aromatic nitrogens is 2. The molecule has 0 atom stereocenters. The van der Waals surface area contributed by atoms with E-state index in [1.807, 2.05) is 24.3 Å². The third kappa shape index (κ3) is 4.46. The highest BCUT2D eigenvalue weighted by molar-refractivity contribution is 5.76. The van der Waals surface area contributed by atoms with Crippen LogP contribution in [0.4, 0.5) is 5.69 Å². The molecule has 0 bridgehead atoms. The van der Waals surface area contributed by atoms with Gasteiger partial charge in [0.25, 0.3) is 0 Å². The monoisotopic (exact) mass is 258 g/mol. The number of carbonyl (C=O) groups is 1. The number of amides is 1. The molecule has 19 heavy (non-hydrogen) atoms. The molecule has 100 valence electrons. The Hall–Kier alpha value is -2.30. The Morgan fingerprint density at radius 1 is 1.37 bits per heavy atom. The Kier molecular flexibility index (Phi) is 4.55. The highest BCUT2D eigenvalue weighted by Crippen LogP contribution is 2.08. The number of benzene rings is 1. The fourth-order valence-electron chi connectivity index (χ4n) is 1.85. The molecule has 2 aromatic rings. The first-order valence-corrected chi connectivity index (χ1v) is 6.32. The standard InChI is InChI=1S/C14H18N4O/c15-12-3-1-2-11(8-12)4-5-14(19)17-7-6-13-9-16-10-18-13/h1-3,8-10H,4-7,15H2,(H,16,18)(H,17,19). The third-order valence-electron chi connectivity index (χ3n) is 2.86. The third-order valence-corrected chi connectivity index (χ3v) is 2.86. The van der Waals surface area contributed by atoms with Crippen molar-refractivity contribution in [3.05, 3.63) is 48.0 Å². The number of carbonyl (C=O) groups excluding carboxylic acids is 1. The summed E-state index contributed by atoms with van der Waals surface area (Å²) in [6.07, 6.45) is 5.35. The lowest BCUT2D eigenvalue weighted by atomic mass is 10.1. The summed E-state index contributed by atoms with van der Waals surface area (Å²) < 4.78 is 0. The molecule has 0 unspecified atom stereocenters. The van der Waals surface area contributed by atoms with Crippen LogP contribution >= 0.6 is 0 Å². The van der Waals surface area contributed by atoms with Crippen molar-refractivity contribution in [3.63, 3.8) is 0 Å². The molecule has 1 heterocycles. The molecule has 0 aliphatic heterocycles. The minimum Gasteiger partial charge on any atom is -0.399 e. The first kappa shape index (κ1) is 13.1. The lowest BCUT2D eigenvalue weighted by molar-refractivity contribution is -0.121. The van der Waals surface area contributed by atoms with Gasteiger partial charge in [0.2, 0.25) is 5.91 Å². The second-order valence-electron chi connectivity index (χ2n) is 4.42. The van der Waals surface area contributed by atoms with Gasteiger partial charge in [0.15, 0.2) is 0 Å². The second kappa shape index (κ2) is 6.58. The first-order chi connectivity index (χ1) is 9.24. The van der Waals surface area contributed by atoms with Crippen LogP contribution in [0.3, 0.4) is 0 Å². The lowest BCUT2D eigenvalue weighted by Gasteiger charge is -2.05. The molecule has 0 saturated heterocycles. The van der Waals surface area contributed by atoms with Gasteiger partial charge in [0.1, 0.15) is 0 Å². The minimum atomic E-state index is 0.0574. The lowest BCUT2D eigenvalue weighted by Crippen LogP contribution is -2.25. The highest BCUT2D eigenvalue weighted by Gasteiger charge is 2.02. The van der Waals surface area contributed by atoms with Gasteiger partial charge in [0, 0.05) is 37.0 Å². The molecular weight excluding hydrogens is 240 g/mol. The fourth-order valence-corrected chi connectivity index (χ4v) is 1.85. The topological polar surface area (TPSA) is 83.8 Å². The molecule has 0 saturated carbocycles. The van der Waals surface area contributed by atoms with Crippen LogP contribution in [-0.4, -0.2) is 22.4 Å². The normalized spacial score (nSPS) is 10.3. The van der Waals surface area contributed by atoms with Gasteiger partial charge in [-0.05, 0) is 24.1 Å². The summed E-state index contributed by atoms with van der Waals surface area (Å²) in [4.78, 5) is 18.6. The van der Waals surface area contributed by atoms with Crippen molar-refractivity contribution in [3.8, 4) is 0 Å². The zero-order valence-electron chi connectivity index (χ0n) is 10.7. The Balaban J connectivity index is 1.67. The van der Waals surface area contributed by atoms with Crippen LogP contribution in [-0.2, 0) is 17.6 Å². The maximum absolute atomic E-state index is 11.7. The zero-order valence-corrected chi connectivity index (χ0v) is 10.7. The van der Waals surface area contributed by atoms with Gasteiger partial charge < -0.3 is 16.0 Å². The molecule has 1 amide bonds. The van der Waals surface area contributed by atoms with Crippen molar-refractivity contribution < 1.29 is 4.79 Å². The van der Waals surface area contributed by atoms with Crippen LogP contribution < -0.4 is 11.1 Å². The number of hydrogen-bond acceptors (Lipinski definition) is 3. The quantitative estimate of drug-likeness (QED) is 0.682. The van der Waals surface area contributed by atoms with Crippen LogP contribution in [0.5, 0.6) is 0 Å². The van der Waals surface area contributed by atoms with Gasteiger partial charge in [-0.2, -0.15) is 0 Å². The summed E-state index contributed by atoms with van der Waals surface area (Å²) in [6.45, 7) is 0.623. The molecular formula is C14H18N4O. The number of aryl methyl sites for hydroxylation is 1. The first-order valence-electron chi connectivity index (χ1n) is 6.32. The van der Waals surface area contributed by atoms with Crippen molar-refractivity contribution >= 4 is 11.6 Å². The molecule has 0 aliphatic rings. The molecule has 0 fully saturated rings.